The van der Waals surface area contributed by atoms with E-state index in [1.54, 1.807) is 19.1 Å². The van der Waals surface area contributed by atoms with Crippen LogP contribution in [0.15, 0.2) is 23.0 Å². The smallest absolute Gasteiger partial charge is 0.254 e. The maximum atomic E-state index is 13.1. The van der Waals surface area contributed by atoms with E-state index in [1.807, 2.05) is 13.0 Å². The summed E-state index contributed by atoms with van der Waals surface area (Å²) in [6.07, 6.45) is 4.54. The van der Waals surface area contributed by atoms with Gasteiger partial charge < -0.3 is 20.1 Å². The van der Waals surface area contributed by atoms with Crippen LogP contribution in [-0.2, 0) is 6.54 Å². The van der Waals surface area contributed by atoms with Crippen molar-refractivity contribution >= 4 is 34.8 Å². The van der Waals surface area contributed by atoms with E-state index >= 15 is 0 Å². The molecule has 0 aliphatic heterocycles. The molecule has 2 N–H and O–H groups in total. The Hall–Kier alpha value is -2.02. The van der Waals surface area contributed by atoms with Crippen molar-refractivity contribution in [3.63, 3.8) is 0 Å². The van der Waals surface area contributed by atoms with Gasteiger partial charge in [0.2, 0.25) is 0 Å². The first-order valence-corrected chi connectivity index (χ1v) is 12.3. The van der Waals surface area contributed by atoms with E-state index in [0.29, 0.717) is 38.9 Å². The maximum absolute atomic E-state index is 13.1. The molecular weight excluding hydrogens is 459 g/mol. The lowest BCUT2D eigenvalue weighted by atomic mass is 9.89. The van der Waals surface area contributed by atoms with Crippen LogP contribution in [0.1, 0.15) is 59.8 Å². The van der Waals surface area contributed by atoms with Gasteiger partial charge in [-0.05, 0) is 84.3 Å². The van der Waals surface area contributed by atoms with Gasteiger partial charge in [0.1, 0.15) is 0 Å². The Morgan fingerprint density at radius 3 is 2.30 bits per heavy atom. The molecule has 1 saturated carbocycles. The van der Waals surface area contributed by atoms with Crippen LogP contribution in [0.4, 0.5) is 5.69 Å². The van der Waals surface area contributed by atoms with E-state index in [2.05, 4.69) is 41.1 Å². The number of pyridine rings is 1. The van der Waals surface area contributed by atoms with Crippen LogP contribution >= 0.6 is 23.2 Å². The molecule has 1 aromatic carbocycles. The SMILES string of the molecule is CCN(c1cc(Cl)cc(C(=O)NCc2c(Cl)cc(C)[nH]c2=O)c1C)[C@H]1CC[C@H](N(C)C)CC1. The molecule has 1 aliphatic carbocycles. The third-order valence-corrected chi connectivity index (χ3v) is 7.27. The normalized spacial score (nSPS) is 18.4. The summed E-state index contributed by atoms with van der Waals surface area (Å²) in [4.78, 5) is 32.7. The van der Waals surface area contributed by atoms with Crippen molar-refractivity contribution in [1.29, 1.82) is 0 Å². The van der Waals surface area contributed by atoms with Gasteiger partial charge in [-0.15, -0.1) is 0 Å². The molecule has 2 aromatic rings. The first-order chi connectivity index (χ1) is 15.6. The van der Waals surface area contributed by atoms with Crippen LogP contribution < -0.4 is 15.8 Å². The zero-order valence-electron chi connectivity index (χ0n) is 20.1. The fourth-order valence-electron chi connectivity index (χ4n) is 4.82. The minimum absolute atomic E-state index is 0.0423. The molecule has 1 heterocycles. The second-order valence-electron chi connectivity index (χ2n) is 9.10. The maximum Gasteiger partial charge on any atom is 0.254 e. The number of nitrogens with one attached hydrogen (secondary N) is 2. The number of anilines is 1. The molecule has 0 unspecified atom stereocenters. The molecule has 3 rings (SSSR count). The van der Waals surface area contributed by atoms with Gasteiger partial charge in [-0.25, -0.2) is 0 Å². The minimum Gasteiger partial charge on any atom is -0.369 e. The number of carbonyl (C=O) groups excluding carboxylic acids is 1. The number of nitrogens with zero attached hydrogens (tertiary/aromatic N) is 2. The second kappa shape index (κ2) is 10.9. The monoisotopic (exact) mass is 492 g/mol. The van der Waals surface area contributed by atoms with Crippen molar-refractivity contribution < 1.29 is 4.79 Å². The number of aryl methyl sites for hydroxylation is 1. The third kappa shape index (κ3) is 5.92. The van der Waals surface area contributed by atoms with Crippen molar-refractivity contribution in [2.45, 2.75) is 65.1 Å². The topological polar surface area (TPSA) is 68.4 Å². The largest absolute Gasteiger partial charge is 0.369 e. The van der Waals surface area contributed by atoms with Crippen molar-refractivity contribution in [3.8, 4) is 0 Å². The Labute approximate surface area is 206 Å². The number of H-pyrrole nitrogens is 1. The number of hydrogen-bond donors (Lipinski definition) is 2. The van der Waals surface area contributed by atoms with Gasteiger partial charge in [0.15, 0.2) is 0 Å². The standard InChI is InChI=1S/C25H34Cl2N4O2/c1-6-31(19-9-7-18(8-10-19)30(4)5)23-13-17(26)12-20(16(23)3)24(32)28-14-21-22(27)11-15(2)29-25(21)33/h11-13,18-19H,6-10,14H2,1-5H3,(H,28,32)(H,29,33)/t18-,19-. The Bertz CT molecular complexity index is 1060. The molecular formula is C25H34Cl2N4O2. The molecule has 1 aromatic heterocycles. The van der Waals surface area contributed by atoms with Crippen LogP contribution in [0.25, 0.3) is 0 Å². The van der Waals surface area contributed by atoms with E-state index in [1.165, 1.54) is 0 Å². The fourth-order valence-corrected chi connectivity index (χ4v) is 5.34. The van der Waals surface area contributed by atoms with Crippen LogP contribution in [0.2, 0.25) is 10.0 Å². The number of aromatic amines is 1. The van der Waals surface area contributed by atoms with Gasteiger partial charge >= 0.3 is 0 Å². The average molecular weight is 493 g/mol. The summed E-state index contributed by atoms with van der Waals surface area (Å²) in [5, 5.41) is 3.70. The van der Waals surface area contributed by atoms with Gasteiger partial charge in [0, 0.05) is 40.6 Å². The Kier molecular flexibility index (Phi) is 8.48. The highest BCUT2D eigenvalue weighted by Gasteiger charge is 2.28. The van der Waals surface area contributed by atoms with Crippen LogP contribution in [-0.4, -0.2) is 48.5 Å². The Balaban J connectivity index is 1.81. The lowest BCUT2D eigenvalue weighted by Gasteiger charge is -2.40. The summed E-state index contributed by atoms with van der Waals surface area (Å²) in [5.41, 5.74) is 3.11. The van der Waals surface area contributed by atoms with Gasteiger partial charge in [-0.3, -0.25) is 9.59 Å². The molecule has 6 nitrogen and oxygen atoms in total. The average Bonchev–Trinajstić information content (AvgIpc) is 2.75. The quantitative estimate of drug-likeness (QED) is 0.574. The third-order valence-electron chi connectivity index (χ3n) is 6.72. The minimum atomic E-state index is -0.297. The molecule has 1 aliphatic rings. The highest BCUT2D eigenvalue weighted by molar-refractivity contribution is 6.31. The molecule has 1 fully saturated rings. The molecule has 0 bridgehead atoms. The number of aromatic nitrogens is 1. The Morgan fingerprint density at radius 1 is 1.09 bits per heavy atom. The number of hydrogen-bond acceptors (Lipinski definition) is 4. The van der Waals surface area contributed by atoms with Gasteiger partial charge in [-0.1, -0.05) is 23.2 Å². The molecule has 180 valence electrons. The lowest BCUT2D eigenvalue weighted by molar-refractivity contribution is 0.0950. The second-order valence-corrected chi connectivity index (χ2v) is 9.94. The van der Waals surface area contributed by atoms with Gasteiger partial charge in [0.05, 0.1) is 17.1 Å². The van der Waals surface area contributed by atoms with Crippen LogP contribution in [0, 0.1) is 13.8 Å². The van der Waals surface area contributed by atoms with Crippen LogP contribution in [0.3, 0.4) is 0 Å². The molecule has 0 saturated heterocycles. The van der Waals surface area contributed by atoms with Crippen LogP contribution in [0.5, 0.6) is 0 Å². The summed E-state index contributed by atoms with van der Waals surface area (Å²) < 4.78 is 0. The fraction of sp³-hybridized carbons (Fsp3) is 0.520. The summed E-state index contributed by atoms with van der Waals surface area (Å²) in [6.45, 7) is 6.75. The predicted octanol–water partition coefficient (Wildman–Crippen LogP) is 4.93. The predicted molar refractivity (Wildman–Crippen MR) is 137 cm³/mol. The van der Waals surface area contributed by atoms with E-state index in [4.69, 9.17) is 23.2 Å². The number of rotatable bonds is 7. The highest BCUT2D eigenvalue weighted by atomic mass is 35.5. The molecule has 1 amide bonds. The highest BCUT2D eigenvalue weighted by Crippen LogP contribution is 2.34. The van der Waals surface area contributed by atoms with Gasteiger partial charge in [-0.2, -0.15) is 0 Å². The molecule has 0 atom stereocenters. The molecule has 33 heavy (non-hydrogen) atoms. The molecule has 0 spiro atoms. The number of benzene rings is 1. The molecule has 0 radical (unpaired) electrons. The summed E-state index contributed by atoms with van der Waals surface area (Å²) in [7, 11) is 4.29. The van der Waals surface area contributed by atoms with E-state index in [0.717, 1.165) is 43.5 Å². The van der Waals surface area contributed by atoms with Crippen molar-refractivity contribution in [1.82, 2.24) is 15.2 Å². The van der Waals surface area contributed by atoms with E-state index in [-0.39, 0.29) is 18.0 Å². The number of amides is 1. The first-order valence-electron chi connectivity index (χ1n) is 11.5. The Morgan fingerprint density at radius 2 is 1.73 bits per heavy atom. The summed E-state index contributed by atoms with van der Waals surface area (Å²) in [5.74, 6) is -0.278. The summed E-state index contributed by atoms with van der Waals surface area (Å²) >= 11 is 12.7. The first kappa shape index (κ1) is 25.6. The van der Waals surface area contributed by atoms with E-state index < -0.39 is 0 Å². The summed E-state index contributed by atoms with van der Waals surface area (Å²) in [6, 6.07) is 6.37. The van der Waals surface area contributed by atoms with Crippen molar-refractivity contribution in [2.24, 2.45) is 0 Å². The zero-order valence-corrected chi connectivity index (χ0v) is 21.6. The number of carbonyl (C=O) groups is 1. The van der Waals surface area contributed by atoms with Crippen molar-refractivity contribution in [2.75, 3.05) is 25.5 Å². The van der Waals surface area contributed by atoms with Gasteiger partial charge in [0.25, 0.3) is 11.5 Å². The molecule has 8 heteroatoms. The zero-order chi connectivity index (χ0) is 24.3. The van der Waals surface area contributed by atoms with E-state index in [9.17, 15) is 9.59 Å². The van der Waals surface area contributed by atoms with Crippen molar-refractivity contribution in [3.05, 3.63) is 61.0 Å². The number of halogens is 2. The lowest BCUT2D eigenvalue weighted by Crippen LogP contribution is -2.42.